The van der Waals surface area contributed by atoms with Gasteiger partial charge in [-0.25, -0.2) is 4.98 Å². The van der Waals surface area contributed by atoms with E-state index in [1.165, 1.54) is 11.6 Å². The summed E-state index contributed by atoms with van der Waals surface area (Å²) < 4.78 is 0.616. The predicted molar refractivity (Wildman–Crippen MR) is 97.1 cm³/mol. The Kier molecular flexibility index (Phi) is 4.11. The van der Waals surface area contributed by atoms with Crippen molar-refractivity contribution in [3.63, 3.8) is 0 Å². The molecule has 0 radical (unpaired) electrons. The number of nitrogens with zero attached hydrogens (tertiary/aromatic N) is 4. The summed E-state index contributed by atoms with van der Waals surface area (Å²) in [5.41, 5.74) is 2.01. The summed E-state index contributed by atoms with van der Waals surface area (Å²) in [7, 11) is 0. The standard InChI is InChI=1S/C19H20N4O2/c24-18-13-17(16-7-4-8-20-19(16)23(18)25)22-11-9-21(10-12-22)14-15-5-2-1-3-6-15/h1-8,13,25H,9-12,14H2. The van der Waals surface area contributed by atoms with Crippen molar-refractivity contribution in [2.75, 3.05) is 31.1 Å². The molecule has 128 valence electrons. The van der Waals surface area contributed by atoms with E-state index in [1.54, 1.807) is 6.20 Å². The number of hydrogen-bond acceptors (Lipinski definition) is 5. The van der Waals surface area contributed by atoms with Crippen molar-refractivity contribution >= 4 is 16.7 Å². The zero-order valence-corrected chi connectivity index (χ0v) is 13.9. The van der Waals surface area contributed by atoms with Crippen LogP contribution in [0.3, 0.4) is 0 Å². The smallest absolute Gasteiger partial charge is 0.286 e. The third-order valence-electron chi connectivity index (χ3n) is 4.69. The van der Waals surface area contributed by atoms with Crippen molar-refractivity contribution in [3.8, 4) is 0 Å². The molecule has 0 bridgehead atoms. The fourth-order valence-corrected chi connectivity index (χ4v) is 3.38. The molecule has 1 aliphatic rings. The van der Waals surface area contributed by atoms with Crippen molar-refractivity contribution in [3.05, 3.63) is 70.6 Å². The molecule has 3 aromatic rings. The quantitative estimate of drug-likeness (QED) is 0.741. The van der Waals surface area contributed by atoms with E-state index in [-0.39, 0.29) is 0 Å². The van der Waals surface area contributed by atoms with Crippen LogP contribution in [0.2, 0.25) is 0 Å². The van der Waals surface area contributed by atoms with Crippen molar-refractivity contribution < 1.29 is 5.21 Å². The highest BCUT2D eigenvalue weighted by molar-refractivity contribution is 5.89. The molecule has 0 atom stereocenters. The molecule has 25 heavy (non-hydrogen) atoms. The van der Waals surface area contributed by atoms with Gasteiger partial charge in [0.1, 0.15) is 0 Å². The number of fused-ring (bicyclic) bond motifs is 1. The van der Waals surface area contributed by atoms with Gasteiger partial charge in [-0.15, -0.1) is 4.73 Å². The molecule has 0 unspecified atom stereocenters. The van der Waals surface area contributed by atoms with E-state index >= 15 is 0 Å². The summed E-state index contributed by atoms with van der Waals surface area (Å²) in [5, 5.41) is 10.7. The molecule has 2 aromatic heterocycles. The van der Waals surface area contributed by atoms with Gasteiger partial charge in [0.05, 0.1) is 5.69 Å². The van der Waals surface area contributed by atoms with Gasteiger partial charge in [0.15, 0.2) is 5.65 Å². The number of pyridine rings is 2. The van der Waals surface area contributed by atoms with E-state index in [0.717, 1.165) is 43.8 Å². The van der Waals surface area contributed by atoms with Gasteiger partial charge in [0.2, 0.25) is 0 Å². The number of aromatic nitrogens is 2. The van der Waals surface area contributed by atoms with E-state index in [0.29, 0.717) is 10.4 Å². The lowest BCUT2D eigenvalue weighted by Crippen LogP contribution is -2.46. The Labute approximate surface area is 145 Å². The predicted octanol–water partition coefficient (Wildman–Crippen LogP) is 1.96. The number of hydrogen-bond donors (Lipinski definition) is 1. The summed E-state index contributed by atoms with van der Waals surface area (Å²) in [5.74, 6) is 0. The molecule has 0 amide bonds. The highest BCUT2D eigenvalue weighted by Gasteiger charge is 2.20. The molecule has 0 aliphatic carbocycles. The average Bonchev–Trinajstić information content (AvgIpc) is 2.66. The summed E-state index contributed by atoms with van der Waals surface area (Å²) >= 11 is 0. The molecule has 1 N–H and O–H groups in total. The lowest BCUT2D eigenvalue weighted by atomic mass is 10.1. The van der Waals surface area contributed by atoms with Crippen molar-refractivity contribution in [1.82, 2.24) is 14.6 Å². The monoisotopic (exact) mass is 336 g/mol. The molecule has 1 aromatic carbocycles. The number of piperazine rings is 1. The van der Waals surface area contributed by atoms with Gasteiger partial charge in [-0.2, -0.15) is 0 Å². The topological polar surface area (TPSA) is 61.6 Å². The fraction of sp³-hybridized carbons (Fsp3) is 0.263. The van der Waals surface area contributed by atoms with E-state index in [1.807, 2.05) is 18.2 Å². The molecule has 0 spiro atoms. The lowest BCUT2D eigenvalue weighted by molar-refractivity contribution is 0.186. The van der Waals surface area contributed by atoms with Crippen LogP contribution < -0.4 is 10.5 Å². The van der Waals surface area contributed by atoms with Crippen LogP contribution in [-0.2, 0) is 6.54 Å². The number of benzene rings is 1. The van der Waals surface area contributed by atoms with Gasteiger partial charge in [-0.3, -0.25) is 9.69 Å². The molecule has 1 aliphatic heterocycles. The third kappa shape index (κ3) is 3.08. The highest BCUT2D eigenvalue weighted by atomic mass is 16.5. The Morgan fingerprint density at radius 3 is 2.52 bits per heavy atom. The minimum atomic E-state index is -0.451. The molecule has 1 fully saturated rings. The minimum Gasteiger partial charge on any atom is -0.423 e. The molecular formula is C19H20N4O2. The maximum absolute atomic E-state index is 12.0. The molecule has 4 rings (SSSR count). The third-order valence-corrected chi connectivity index (χ3v) is 4.69. The van der Waals surface area contributed by atoms with Crippen LogP contribution in [0.25, 0.3) is 11.0 Å². The Hall–Kier alpha value is -2.86. The number of rotatable bonds is 3. The van der Waals surface area contributed by atoms with E-state index in [4.69, 9.17) is 0 Å². The van der Waals surface area contributed by atoms with Gasteiger partial charge in [-0.05, 0) is 17.7 Å². The molecule has 0 saturated carbocycles. The van der Waals surface area contributed by atoms with Crippen LogP contribution in [0.5, 0.6) is 0 Å². The van der Waals surface area contributed by atoms with Crippen molar-refractivity contribution in [1.29, 1.82) is 0 Å². The Morgan fingerprint density at radius 2 is 1.76 bits per heavy atom. The minimum absolute atomic E-state index is 0.303. The maximum atomic E-state index is 12.0. The highest BCUT2D eigenvalue weighted by Crippen LogP contribution is 2.24. The second kappa shape index (κ2) is 6.57. The summed E-state index contributed by atoms with van der Waals surface area (Å²) in [6, 6.07) is 15.7. The first-order chi connectivity index (χ1) is 12.2. The molecule has 1 saturated heterocycles. The Bertz CT molecular complexity index is 931. The van der Waals surface area contributed by atoms with Crippen LogP contribution in [0.4, 0.5) is 5.69 Å². The van der Waals surface area contributed by atoms with Crippen LogP contribution in [-0.4, -0.2) is 46.0 Å². The zero-order chi connectivity index (χ0) is 17.2. The first-order valence-corrected chi connectivity index (χ1v) is 8.43. The van der Waals surface area contributed by atoms with Crippen LogP contribution >= 0.6 is 0 Å². The molecular weight excluding hydrogens is 316 g/mol. The van der Waals surface area contributed by atoms with E-state index < -0.39 is 5.56 Å². The van der Waals surface area contributed by atoms with Crippen LogP contribution in [0, 0.1) is 0 Å². The first kappa shape index (κ1) is 15.7. The normalized spacial score (nSPS) is 15.6. The van der Waals surface area contributed by atoms with E-state index in [9.17, 15) is 10.0 Å². The Morgan fingerprint density at radius 1 is 1.00 bits per heavy atom. The number of anilines is 1. The average molecular weight is 336 g/mol. The summed E-state index contributed by atoms with van der Waals surface area (Å²) in [6.07, 6.45) is 1.58. The largest absolute Gasteiger partial charge is 0.423 e. The van der Waals surface area contributed by atoms with Gasteiger partial charge in [-0.1, -0.05) is 30.3 Å². The van der Waals surface area contributed by atoms with Gasteiger partial charge < -0.3 is 10.1 Å². The van der Waals surface area contributed by atoms with Crippen molar-refractivity contribution in [2.45, 2.75) is 6.54 Å². The van der Waals surface area contributed by atoms with Crippen LogP contribution in [0.1, 0.15) is 5.56 Å². The summed E-state index contributed by atoms with van der Waals surface area (Å²) in [6.45, 7) is 4.48. The maximum Gasteiger partial charge on any atom is 0.286 e. The molecule has 6 heteroatoms. The second-order valence-electron chi connectivity index (χ2n) is 6.30. The summed E-state index contributed by atoms with van der Waals surface area (Å²) in [4.78, 5) is 20.8. The van der Waals surface area contributed by atoms with Gasteiger partial charge >= 0.3 is 0 Å². The Balaban J connectivity index is 1.54. The molecule has 3 heterocycles. The van der Waals surface area contributed by atoms with E-state index in [2.05, 4.69) is 39.0 Å². The first-order valence-electron chi connectivity index (χ1n) is 8.43. The molecule has 6 nitrogen and oxygen atoms in total. The zero-order valence-electron chi connectivity index (χ0n) is 13.9. The van der Waals surface area contributed by atoms with Crippen molar-refractivity contribution in [2.24, 2.45) is 0 Å². The fourth-order valence-electron chi connectivity index (χ4n) is 3.38. The lowest BCUT2D eigenvalue weighted by Gasteiger charge is -2.36. The second-order valence-corrected chi connectivity index (χ2v) is 6.30. The van der Waals surface area contributed by atoms with Gasteiger partial charge in [0.25, 0.3) is 5.56 Å². The van der Waals surface area contributed by atoms with Crippen LogP contribution in [0.15, 0.2) is 59.5 Å². The SMILES string of the molecule is O=c1cc(N2CCN(Cc3ccccc3)CC2)c2cccnc2n1O. The van der Waals surface area contributed by atoms with Gasteiger partial charge in [0, 0.05) is 50.4 Å².